The first-order valence-electron chi connectivity index (χ1n) is 17.7. The highest BCUT2D eigenvalue weighted by atomic mass is 16.5. The zero-order valence-electron chi connectivity index (χ0n) is 33.0. The van der Waals surface area contributed by atoms with Crippen LogP contribution >= 0.6 is 0 Å². The molecule has 51 heavy (non-hydrogen) atoms. The Morgan fingerprint density at radius 3 is 1.80 bits per heavy atom. The molecule has 0 spiro atoms. The topological polar surface area (TPSA) is 157 Å². The number of likely N-dealkylation sites (N-methyl/N-ethyl adjacent to an activating group) is 3. The third-order valence-corrected chi connectivity index (χ3v) is 8.88. The second kappa shape index (κ2) is 20.3. The summed E-state index contributed by atoms with van der Waals surface area (Å²) in [4.78, 5) is 85.7. The van der Waals surface area contributed by atoms with Crippen molar-refractivity contribution in [3.63, 3.8) is 0 Å². The van der Waals surface area contributed by atoms with Crippen LogP contribution in [0.4, 0.5) is 4.79 Å². The molecule has 0 bridgehead atoms. The zero-order chi connectivity index (χ0) is 39.4. The molecule has 13 nitrogen and oxygen atoms in total. The van der Waals surface area contributed by atoms with Crippen molar-refractivity contribution in [2.75, 3.05) is 34.8 Å². The maximum absolute atomic E-state index is 14.4. The highest BCUT2D eigenvalue weighted by Crippen LogP contribution is 2.19. The van der Waals surface area contributed by atoms with Crippen molar-refractivity contribution in [3.05, 3.63) is 35.9 Å². The number of nitrogens with zero attached hydrogens (tertiary/aromatic N) is 4. The van der Waals surface area contributed by atoms with Gasteiger partial charge in [0.25, 0.3) is 0 Å². The predicted octanol–water partition coefficient (Wildman–Crippen LogP) is 3.37. The van der Waals surface area contributed by atoms with Crippen LogP contribution in [-0.2, 0) is 35.1 Å². The van der Waals surface area contributed by atoms with E-state index in [-0.39, 0.29) is 31.3 Å². The number of nitrogens with one attached hydrogen (secondary N) is 1. The maximum Gasteiger partial charge on any atom is 0.326 e. The molecule has 6 atom stereocenters. The molecule has 288 valence electrons. The largest absolute Gasteiger partial charge is 0.393 e. The Labute approximate surface area is 305 Å². The number of carbonyl (C=O) groups is 6. The second-order valence-corrected chi connectivity index (χ2v) is 15.4. The molecule has 0 aromatic heterocycles. The number of hydrogen-bond donors (Lipinski definition) is 2. The first-order chi connectivity index (χ1) is 23.5. The lowest BCUT2D eigenvalue weighted by molar-refractivity contribution is -0.149. The van der Waals surface area contributed by atoms with E-state index in [0.717, 1.165) is 21.6 Å². The van der Waals surface area contributed by atoms with E-state index in [4.69, 9.17) is 4.74 Å². The van der Waals surface area contributed by atoms with Gasteiger partial charge in [-0.05, 0) is 57.9 Å². The normalized spacial score (nSPS) is 15.2. The summed E-state index contributed by atoms with van der Waals surface area (Å²) in [5, 5.41) is 12.7. The van der Waals surface area contributed by atoms with Crippen LogP contribution < -0.4 is 5.32 Å². The highest BCUT2D eigenvalue weighted by Gasteiger charge is 2.39. The van der Waals surface area contributed by atoms with E-state index < -0.39 is 71.5 Å². The summed E-state index contributed by atoms with van der Waals surface area (Å²) >= 11 is 0. The van der Waals surface area contributed by atoms with Gasteiger partial charge in [-0.1, -0.05) is 65.0 Å². The van der Waals surface area contributed by atoms with Crippen molar-refractivity contribution in [1.29, 1.82) is 0 Å². The number of ether oxygens (including phenoxy) is 1. The number of aliphatic hydroxyl groups excluding tert-OH is 1. The number of rotatable bonds is 18. The number of urea groups is 1. The molecule has 0 aliphatic rings. The van der Waals surface area contributed by atoms with Crippen molar-refractivity contribution >= 4 is 35.9 Å². The van der Waals surface area contributed by atoms with Crippen molar-refractivity contribution in [1.82, 2.24) is 24.9 Å². The molecular formula is C38H63N5O8. The molecule has 0 aliphatic heterocycles. The number of benzene rings is 1. The third kappa shape index (κ3) is 14.0. The Hall–Kier alpha value is -3.84. The van der Waals surface area contributed by atoms with Crippen molar-refractivity contribution in [2.45, 2.75) is 117 Å². The summed E-state index contributed by atoms with van der Waals surface area (Å²) in [6.07, 6.45) is 0.557. The standard InChI is InChI=1S/C38H63N5O8/c1-24(2)19-29(22-44)40(10)36(49)32(21-28-17-15-14-16-18-28)41(11)35(48)30(23-51-38(7,8)9)39-33(46)31(20-25(3)4)42(12)37(50)43(13)34(47)26(5)27(6)45/h14-18,22,24-27,29-32,45H,19-21,23H2,1-13H3,(H,39,46)/t26-,27+,29-,30-,31-,32-/m0/s1. The molecule has 1 aromatic carbocycles. The van der Waals surface area contributed by atoms with Gasteiger partial charge in [-0.2, -0.15) is 0 Å². The number of aldehydes is 1. The van der Waals surface area contributed by atoms with Crippen LogP contribution in [0.1, 0.15) is 80.7 Å². The third-order valence-electron chi connectivity index (χ3n) is 8.88. The molecule has 1 aromatic rings. The maximum atomic E-state index is 14.4. The molecule has 6 amide bonds. The number of amides is 6. The lowest BCUT2D eigenvalue weighted by Crippen LogP contribution is -2.60. The van der Waals surface area contributed by atoms with E-state index >= 15 is 0 Å². The number of imide groups is 1. The summed E-state index contributed by atoms with van der Waals surface area (Å²) in [5.74, 6) is -3.06. The van der Waals surface area contributed by atoms with Crippen LogP contribution in [0.25, 0.3) is 0 Å². The number of carbonyl (C=O) groups excluding carboxylic acids is 6. The Kier molecular flexibility index (Phi) is 18.0. The van der Waals surface area contributed by atoms with E-state index in [1.165, 1.54) is 44.8 Å². The van der Waals surface area contributed by atoms with E-state index in [2.05, 4.69) is 5.32 Å². The summed E-state index contributed by atoms with van der Waals surface area (Å²) in [5.41, 5.74) is 0.103. The Morgan fingerprint density at radius 1 is 0.784 bits per heavy atom. The summed E-state index contributed by atoms with van der Waals surface area (Å²) < 4.78 is 6.00. The van der Waals surface area contributed by atoms with Crippen LogP contribution in [0.2, 0.25) is 0 Å². The van der Waals surface area contributed by atoms with Crippen molar-refractivity contribution in [2.24, 2.45) is 17.8 Å². The smallest absolute Gasteiger partial charge is 0.326 e. The van der Waals surface area contributed by atoms with Gasteiger partial charge in [0, 0.05) is 34.6 Å². The number of hydrogen-bond acceptors (Lipinski definition) is 8. The van der Waals surface area contributed by atoms with E-state index in [0.29, 0.717) is 6.42 Å². The predicted molar refractivity (Wildman–Crippen MR) is 196 cm³/mol. The Bertz CT molecular complexity index is 1310. The fourth-order valence-electron chi connectivity index (χ4n) is 5.45. The minimum atomic E-state index is -1.26. The Morgan fingerprint density at radius 2 is 1.33 bits per heavy atom. The lowest BCUT2D eigenvalue weighted by Gasteiger charge is -2.37. The van der Waals surface area contributed by atoms with Crippen LogP contribution in [-0.4, -0.2) is 131 Å². The van der Waals surface area contributed by atoms with Gasteiger partial charge in [-0.3, -0.25) is 24.1 Å². The van der Waals surface area contributed by atoms with Crippen LogP contribution in [0.15, 0.2) is 30.3 Å². The van der Waals surface area contributed by atoms with Gasteiger partial charge >= 0.3 is 6.03 Å². The molecule has 0 unspecified atom stereocenters. The zero-order valence-corrected chi connectivity index (χ0v) is 33.0. The SMILES string of the molecule is CC(C)C[C@@H](C=O)N(C)C(=O)[C@H](Cc1ccccc1)N(C)C(=O)[C@H](COC(C)(C)C)NC(=O)[C@H](CC(C)C)N(C)C(=O)N(C)C(=O)[C@@H](C)[C@@H](C)O. The fraction of sp³-hybridized carbons (Fsp3) is 0.684. The molecule has 0 saturated heterocycles. The second-order valence-electron chi connectivity index (χ2n) is 15.4. The molecule has 2 N–H and O–H groups in total. The Balaban J connectivity index is 3.56. The average molecular weight is 718 g/mol. The van der Waals surface area contributed by atoms with Gasteiger partial charge in [0.15, 0.2) is 0 Å². The molecule has 0 fully saturated rings. The first-order valence-corrected chi connectivity index (χ1v) is 17.7. The van der Waals surface area contributed by atoms with Gasteiger partial charge in [0.1, 0.15) is 24.4 Å². The van der Waals surface area contributed by atoms with Crippen molar-refractivity contribution < 1.29 is 38.6 Å². The molecule has 0 heterocycles. The summed E-state index contributed by atoms with van der Waals surface area (Å²) in [6.45, 7) is 15.8. The highest BCUT2D eigenvalue weighted by molar-refractivity contribution is 5.98. The quantitative estimate of drug-likeness (QED) is 0.219. The lowest BCUT2D eigenvalue weighted by atomic mass is 9.99. The van der Waals surface area contributed by atoms with Gasteiger partial charge in [-0.25, -0.2) is 4.79 Å². The van der Waals surface area contributed by atoms with Gasteiger partial charge in [-0.15, -0.1) is 0 Å². The molecule has 0 radical (unpaired) electrons. The molecule has 13 heteroatoms. The van der Waals surface area contributed by atoms with E-state index in [1.807, 2.05) is 58.0 Å². The summed E-state index contributed by atoms with van der Waals surface area (Å²) in [7, 11) is 5.74. The van der Waals surface area contributed by atoms with Crippen molar-refractivity contribution in [3.8, 4) is 0 Å². The van der Waals surface area contributed by atoms with E-state index in [1.54, 1.807) is 27.8 Å². The van der Waals surface area contributed by atoms with E-state index in [9.17, 15) is 33.9 Å². The van der Waals surface area contributed by atoms with Gasteiger partial charge < -0.3 is 34.7 Å². The average Bonchev–Trinajstić information content (AvgIpc) is 3.06. The first kappa shape index (κ1) is 45.2. The fourth-order valence-corrected chi connectivity index (χ4v) is 5.45. The molecule has 0 aliphatic carbocycles. The van der Waals surface area contributed by atoms with Gasteiger partial charge in [0.2, 0.25) is 23.6 Å². The molecular weight excluding hydrogens is 654 g/mol. The van der Waals surface area contributed by atoms with Crippen LogP contribution in [0.5, 0.6) is 0 Å². The van der Waals surface area contributed by atoms with Crippen LogP contribution in [0, 0.1) is 17.8 Å². The minimum absolute atomic E-state index is 0.0592. The number of aliphatic hydroxyl groups is 1. The molecule has 1 rings (SSSR count). The summed E-state index contributed by atoms with van der Waals surface area (Å²) in [6, 6.07) is 4.39. The van der Waals surface area contributed by atoms with Gasteiger partial charge in [0.05, 0.1) is 30.3 Å². The molecule has 0 saturated carbocycles. The minimum Gasteiger partial charge on any atom is -0.393 e. The van der Waals surface area contributed by atoms with Crippen LogP contribution in [0.3, 0.4) is 0 Å². The monoisotopic (exact) mass is 717 g/mol.